The fourth-order valence-corrected chi connectivity index (χ4v) is 4.11. The summed E-state index contributed by atoms with van der Waals surface area (Å²) in [5.74, 6) is -0.478. The molecule has 0 atom stereocenters. The molecule has 4 rings (SSSR count). The molecule has 5 nitrogen and oxygen atoms in total. The predicted octanol–water partition coefficient (Wildman–Crippen LogP) is 4.43. The number of rotatable bonds is 4. The van der Waals surface area contributed by atoms with Crippen molar-refractivity contribution in [3.05, 3.63) is 70.6 Å². The zero-order chi connectivity index (χ0) is 21.1. The molecule has 152 valence electrons. The number of aromatic nitrogens is 1. The molecule has 0 unspecified atom stereocenters. The quantitative estimate of drug-likeness (QED) is 0.675. The number of halogens is 2. The lowest BCUT2D eigenvalue weighted by Gasteiger charge is -2.34. The Hall–Kier alpha value is -3.17. The predicted molar refractivity (Wildman–Crippen MR) is 115 cm³/mol. The zero-order valence-corrected chi connectivity index (χ0v) is 17.0. The molecule has 7 heteroatoms. The molecule has 1 amide bonds. The van der Waals surface area contributed by atoms with Gasteiger partial charge in [-0.3, -0.25) is 9.78 Å². The number of nitrogens with zero attached hydrogens (tertiary/aromatic N) is 3. The van der Waals surface area contributed by atoms with Gasteiger partial charge in [0.05, 0.1) is 16.8 Å². The monoisotopic (exact) mass is 422 g/mol. The summed E-state index contributed by atoms with van der Waals surface area (Å²) in [5, 5.41) is 13.8. The lowest BCUT2D eigenvalue weighted by atomic mass is 9.94. The maximum Gasteiger partial charge on any atom is 0.223 e. The first-order chi connectivity index (χ1) is 14.6. The Balaban J connectivity index is 1.46. The number of anilines is 1. The summed E-state index contributed by atoms with van der Waals surface area (Å²) < 4.78 is 13.8. The molecule has 1 aliphatic heterocycles. The zero-order valence-electron chi connectivity index (χ0n) is 16.2. The van der Waals surface area contributed by atoms with E-state index in [1.807, 2.05) is 18.2 Å². The van der Waals surface area contributed by atoms with Crippen molar-refractivity contribution in [2.75, 3.05) is 18.0 Å². The van der Waals surface area contributed by atoms with Crippen LogP contribution in [0.15, 0.2) is 48.7 Å². The van der Waals surface area contributed by atoms with Crippen molar-refractivity contribution in [3.8, 4) is 6.07 Å². The Morgan fingerprint density at radius 2 is 2.03 bits per heavy atom. The third-order valence-electron chi connectivity index (χ3n) is 5.51. The third kappa shape index (κ3) is 4.07. The van der Waals surface area contributed by atoms with Gasteiger partial charge in [-0.2, -0.15) is 5.26 Å². The van der Waals surface area contributed by atoms with E-state index in [9.17, 15) is 14.4 Å². The van der Waals surface area contributed by atoms with Gasteiger partial charge >= 0.3 is 0 Å². The Kier molecular flexibility index (Phi) is 5.82. The molecule has 1 N–H and O–H groups in total. The second-order valence-corrected chi connectivity index (χ2v) is 7.77. The molecule has 0 spiro atoms. The standard InChI is InChI=1S/C23H20ClFN4O/c24-20-4-2-1-3-16(20)13-28-23(30)15-7-9-29(10-8-15)22-17(12-26)14-27-21-6-5-18(25)11-19(21)22/h1-6,11,14-15H,7-10,13H2,(H,28,30). The summed E-state index contributed by atoms with van der Waals surface area (Å²) in [7, 11) is 0. The fraction of sp³-hybridized carbons (Fsp3) is 0.261. The molecule has 0 aliphatic carbocycles. The molecule has 0 saturated carbocycles. The Morgan fingerprint density at radius 1 is 1.27 bits per heavy atom. The second-order valence-electron chi connectivity index (χ2n) is 7.36. The smallest absolute Gasteiger partial charge is 0.223 e. The molecule has 1 aromatic heterocycles. The number of piperidine rings is 1. The van der Waals surface area contributed by atoms with Gasteiger partial charge in [0, 0.05) is 42.2 Å². The van der Waals surface area contributed by atoms with E-state index in [2.05, 4.69) is 21.3 Å². The number of fused-ring (bicyclic) bond motifs is 1. The maximum absolute atomic E-state index is 13.8. The lowest BCUT2D eigenvalue weighted by Crippen LogP contribution is -2.40. The summed E-state index contributed by atoms with van der Waals surface area (Å²) >= 11 is 6.15. The van der Waals surface area contributed by atoms with Crippen LogP contribution >= 0.6 is 11.6 Å². The second kappa shape index (κ2) is 8.68. The van der Waals surface area contributed by atoms with Crippen LogP contribution in [0.5, 0.6) is 0 Å². The fourth-order valence-electron chi connectivity index (χ4n) is 3.91. The number of pyridine rings is 1. The summed E-state index contributed by atoms with van der Waals surface area (Å²) in [4.78, 5) is 18.9. The van der Waals surface area contributed by atoms with Crippen molar-refractivity contribution >= 4 is 34.1 Å². The van der Waals surface area contributed by atoms with Crippen LogP contribution in [0.2, 0.25) is 5.02 Å². The summed E-state index contributed by atoms with van der Waals surface area (Å²) in [6, 6.07) is 14.0. The van der Waals surface area contributed by atoms with Crippen molar-refractivity contribution in [2.24, 2.45) is 5.92 Å². The van der Waals surface area contributed by atoms with Crippen molar-refractivity contribution < 1.29 is 9.18 Å². The van der Waals surface area contributed by atoms with Crippen molar-refractivity contribution in [1.29, 1.82) is 5.26 Å². The van der Waals surface area contributed by atoms with Crippen LogP contribution < -0.4 is 10.2 Å². The Labute approximate surface area is 179 Å². The van der Waals surface area contributed by atoms with E-state index in [4.69, 9.17) is 11.6 Å². The van der Waals surface area contributed by atoms with E-state index in [1.165, 1.54) is 18.3 Å². The molecule has 0 bridgehead atoms. The van der Waals surface area contributed by atoms with Crippen LogP contribution in [-0.4, -0.2) is 24.0 Å². The molecular weight excluding hydrogens is 403 g/mol. The van der Waals surface area contributed by atoms with E-state index in [1.54, 1.807) is 12.1 Å². The Morgan fingerprint density at radius 3 is 2.77 bits per heavy atom. The normalized spacial score (nSPS) is 14.5. The number of nitriles is 1. The van der Waals surface area contributed by atoms with E-state index in [0.29, 0.717) is 59.7 Å². The van der Waals surface area contributed by atoms with Crippen molar-refractivity contribution in [3.63, 3.8) is 0 Å². The number of benzene rings is 2. The van der Waals surface area contributed by atoms with Crippen molar-refractivity contribution in [2.45, 2.75) is 19.4 Å². The van der Waals surface area contributed by atoms with E-state index < -0.39 is 0 Å². The van der Waals surface area contributed by atoms with Gasteiger partial charge in [-0.05, 0) is 42.7 Å². The minimum Gasteiger partial charge on any atom is -0.370 e. The topological polar surface area (TPSA) is 69.0 Å². The first-order valence-electron chi connectivity index (χ1n) is 9.81. The van der Waals surface area contributed by atoms with Crippen LogP contribution in [0, 0.1) is 23.1 Å². The van der Waals surface area contributed by atoms with Crippen LogP contribution in [0.3, 0.4) is 0 Å². The van der Waals surface area contributed by atoms with Gasteiger partial charge in [0.25, 0.3) is 0 Å². The molecule has 30 heavy (non-hydrogen) atoms. The molecular formula is C23H20ClFN4O. The van der Waals surface area contributed by atoms with E-state index >= 15 is 0 Å². The summed E-state index contributed by atoms with van der Waals surface area (Å²) in [5.41, 5.74) is 2.63. The SMILES string of the molecule is N#Cc1cnc2ccc(F)cc2c1N1CCC(C(=O)NCc2ccccc2Cl)CC1. The molecule has 2 aromatic carbocycles. The maximum atomic E-state index is 13.8. The summed E-state index contributed by atoms with van der Waals surface area (Å²) in [6.45, 7) is 1.61. The van der Waals surface area contributed by atoms with Gasteiger partial charge in [0.1, 0.15) is 11.9 Å². The van der Waals surface area contributed by atoms with E-state index in [0.717, 1.165) is 5.56 Å². The number of nitrogens with one attached hydrogen (secondary N) is 1. The summed E-state index contributed by atoms with van der Waals surface area (Å²) in [6.07, 6.45) is 2.83. The number of hydrogen-bond acceptors (Lipinski definition) is 4. The average molecular weight is 423 g/mol. The number of carbonyl (C=O) groups is 1. The lowest BCUT2D eigenvalue weighted by molar-refractivity contribution is -0.125. The first kappa shape index (κ1) is 20.1. The van der Waals surface area contributed by atoms with Crippen LogP contribution in [-0.2, 0) is 11.3 Å². The third-order valence-corrected chi connectivity index (χ3v) is 5.88. The number of carbonyl (C=O) groups excluding carboxylic acids is 1. The van der Waals surface area contributed by atoms with Gasteiger partial charge in [-0.1, -0.05) is 29.8 Å². The number of hydrogen-bond donors (Lipinski definition) is 1. The average Bonchev–Trinajstić information content (AvgIpc) is 2.77. The van der Waals surface area contributed by atoms with Gasteiger partial charge in [0.15, 0.2) is 0 Å². The molecule has 2 heterocycles. The van der Waals surface area contributed by atoms with Crippen LogP contribution in [0.1, 0.15) is 24.0 Å². The van der Waals surface area contributed by atoms with Gasteiger partial charge in [0.2, 0.25) is 5.91 Å². The van der Waals surface area contributed by atoms with Gasteiger partial charge in [-0.15, -0.1) is 0 Å². The largest absolute Gasteiger partial charge is 0.370 e. The van der Waals surface area contributed by atoms with Crippen molar-refractivity contribution in [1.82, 2.24) is 10.3 Å². The molecule has 3 aromatic rings. The highest BCUT2D eigenvalue weighted by Gasteiger charge is 2.27. The molecule has 1 saturated heterocycles. The first-order valence-corrected chi connectivity index (χ1v) is 10.2. The highest BCUT2D eigenvalue weighted by molar-refractivity contribution is 6.31. The molecule has 1 aliphatic rings. The van der Waals surface area contributed by atoms with Gasteiger partial charge in [-0.25, -0.2) is 4.39 Å². The minimum absolute atomic E-state index is 0.000655. The molecule has 1 fully saturated rings. The highest BCUT2D eigenvalue weighted by atomic mass is 35.5. The highest BCUT2D eigenvalue weighted by Crippen LogP contribution is 2.33. The van der Waals surface area contributed by atoms with E-state index in [-0.39, 0.29) is 17.6 Å². The Bertz CT molecular complexity index is 1140. The van der Waals surface area contributed by atoms with Gasteiger partial charge < -0.3 is 10.2 Å². The molecule has 0 radical (unpaired) electrons. The number of amides is 1. The van der Waals surface area contributed by atoms with Crippen LogP contribution in [0.4, 0.5) is 10.1 Å². The minimum atomic E-state index is -0.366. The van der Waals surface area contributed by atoms with Crippen LogP contribution in [0.25, 0.3) is 10.9 Å².